The average molecular weight is 442 g/mol. The molecule has 0 unspecified atom stereocenters. The number of hydrogen-bond acceptors (Lipinski definition) is 5. The van der Waals surface area contributed by atoms with Crippen LogP contribution in [0.4, 0.5) is 5.69 Å². The minimum Gasteiger partial charge on any atom is -0.452 e. The predicted octanol–water partition coefficient (Wildman–Crippen LogP) is 5.22. The lowest BCUT2D eigenvalue weighted by Gasteiger charge is -2.11. The van der Waals surface area contributed by atoms with Gasteiger partial charge in [0.2, 0.25) is 0 Å². The van der Waals surface area contributed by atoms with E-state index >= 15 is 0 Å². The summed E-state index contributed by atoms with van der Waals surface area (Å²) in [6.07, 6.45) is 0. The number of hydrogen-bond donors (Lipinski definition) is 1. The van der Waals surface area contributed by atoms with Crippen molar-refractivity contribution in [2.45, 2.75) is 0 Å². The summed E-state index contributed by atoms with van der Waals surface area (Å²) in [6, 6.07) is 24.5. The molecule has 156 valence electrons. The summed E-state index contributed by atoms with van der Waals surface area (Å²) in [5, 5.41) is 12.9. The zero-order chi connectivity index (χ0) is 22.5. The second kappa shape index (κ2) is 9.29. The number of pyridine rings is 1. The molecule has 1 heterocycles. The molecule has 3 aromatic carbocycles. The number of nitrogens with zero attached hydrogens (tertiary/aromatic N) is 2. The number of aromatic nitrogens is 1. The molecule has 0 aliphatic carbocycles. The van der Waals surface area contributed by atoms with Gasteiger partial charge in [0.25, 0.3) is 5.91 Å². The van der Waals surface area contributed by atoms with Crippen LogP contribution in [0, 0.1) is 11.3 Å². The highest BCUT2D eigenvalue weighted by molar-refractivity contribution is 6.30. The maximum absolute atomic E-state index is 12.9. The molecule has 0 radical (unpaired) electrons. The lowest BCUT2D eigenvalue weighted by molar-refractivity contribution is -0.119. The second-order valence-electron chi connectivity index (χ2n) is 6.86. The molecule has 4 aromatic rings. The maximum atomic E-state index is 12.9. The first-order valence-corrected chi connectivity index (χ1v) is 10.0. The van der Waals surface area contributed by atoms with E-state index < -0.39 is 18.5 Å². The molecule has 32 heavy (non-hydrogen) atoms. The van der Waals surface area contributed by atoms with Gasteiger partial charge < -0.3 is 10.1 Å². The lowest BCUT2D eigenvalue weighted by atomic mass is 10.0. The van der Waals surface area contributed by atoms with Crippen molar-refractivity contribution in [2.24, 2.45) is 0 Å². The summed E-state index contributed by atoms with van der Waals surface area (Å²) in [6.45, 7) is -0.495. The van der Waals surface area contributed by atoms with Gasteiger partial charge in [0, 0.05) is 16.0 Å². The van der Waals surface area contributed by atoms with Gasteiger partial charge in [-0.25, -0.2) is 9.78 Å². The summed E-state index contributed by atoms with van der Waals surface area (Å²) >= 11 is 5.97. The minimum atomic E-state index is -0.650. The van der Waals surface area contributed by atoms with Gasteiger partial charge in [-0.1, -0.05) is 54.1 Å². The number of anilines is 1. The van der Waals surface area contributed by atoms with Gasteiger partial charge in [-0.3, -0.25) is 4.79 Å². The first-order chi connectivity index (χ1) is 15.5. The number of ether oxygens (including phenoxy) is 1. The number of esters is 1. The monoisotopic (exact) mass is 441 g/mol. The molecule has 0 spiro atoms. The van der Waals surface area contributed by atoms with Crippen LogP contribution in [0.15, 0.2) is 78.9 Å². The molecule has 0 saturated carbocycles. The average Bonchev–Trinajstić information content (AvgIpc) is 2.82. The fourth-order valence-electron chi connectivity index (χ4n) is 3.20. The predicted molar refractivity (Wildman–Crippen MR) is 122 cm³/mol. The molecule has 7 heteroatoms. The molecule has 0 bridgehead atoms. The molecule has 6 nitrogen and oxygen atoms in total. The smallest absolute Gasteiger partial charge is 0.339 e. The van der Waals surface area contributed by atoms with E-state index in [0.717, 1.165) is 5.56 Å². The Kier molecular flexibility index (Phi) is 6.11. The van der Waals surface area contributed by atoms with E-state index in [2.05, 4.69) is 10.3 Å². The Balaban J connectivity index is 1.57. The van der Waals surface area contributed by atoms with Crippen LogP contribution in [0.5, 0.6) is 0 Å². The number of halogens is 1. The highest BCUT2D eigenvalue weighted by Crippen LogP contribution is 2.26. The van der Waals surface area contributed by atoms with E-state index in [1.165, 1.54) is 0 Å². The first kappa shape index (κ1) is 21.0. The Morgan fingerprint density at radius 3 is 2.50 bits per heavy atom. The Hall–Kier alpha value is -4.21. The Bertz CT molecular complexity index is 1360. The zero-order valence-electron chi connectivity index (χ0n) is 16.7. The quantitative estimate of drug-likeness (QED) is 0.428. The number of carbonyl (C=O) groups is 2. The second-order valence-corrected chi connectivity index (χ2v) is 7.30. The van der Waals surface area contributed by atoms with Gasteiger partial charge in [-0.2, -0.15) is 5.26 Å². The van der Waals surface area contributed by atoms with Crippen molar-refractivity contribution < 1.29 is 14.3 Å². The van der Waals surface area contributed by atoms with E-state index in [9.17, 15) is 9.59 Å². The normalized spacial score (nSPS) is 10.4. The maximum Gasteiger partial charge on any atom is 0.339 e. The summed E-state index contributed by atoms with van der Waals surface area (Å²) in [7, 11) is 0. The highest BCUT2D eigenvalue weighted by Gasteiger charge is 2.17. The SMILES string of the molecule is N#Cc1ccccc1NC(=O)COC(=O)c1cc(-c2ccc(Cl)cc2)nc2ccccc12. The van der Waals surface area contributed by atoms with Crippen LogP contribution in [0.25, 0.3) is 22.2 Å². The van der Waals surface area contributed by atoms with E-state index in [1.807, 2.05) is 24.3 Å². The van der Waals surface area contributed by atoms with Gasteiger partial charge in [0.1, 0.15) is 6.07 Å². The number of benzene rings is 3. The van der Waals surface area contributed by atoms with E-state index in [1.54, 1.807) is 60.7 Å². The number of nitriles is 1. The summed E-state index contributed by atoms with van der Waals surface area (Å²) in [5.74, 6) is -1.19. The first-order valence-electron chi connectivity index (χ1n) is 9.67. The van der Waals surface area contributed by atoms with Crippen molar-refractivity contribution in [3.05, 3.63) is 95.0 Å². The molecule has 4 rings (SSSR count). The van der Waals surface area contributed by atoms with Crippen LogP contribution in [-0.2, 0) is 9.53 Å². The molecule has 0 atom stereocenters. The van der Waals surface area contributed by atoms with Crippen molar-refractivity contribution in [1.82, 2.24) is 4.98 Å². The van der Waals surface area contributed by atoms with E-state index in [-0.39, 0.29) is 0 Å². The van der Waals surface area contributed by atoms with E-state index in [4.69, 9.17) is 21.6 Å². The highest BCUT2D eigenvalue weighted by atomic mass is 35.5. The van der Waals surface area contributed by atoms with Crippen molar-refractivity contribution in [1.29, 1.82) is 5.26 Å². The zero-order valence-corrected chi connectivity index (χ0v) is 17.5. The Labute approximate surface area is 189 Å². The Morgan fingerprint density at radius 2 is 1.72 bits per heavy atom. The third-order valence-corrected chi connectivity index (χ3v) is 4.98. The Morgan fingerprint density at radius 1 is 1.00 bits per heavy atom. The molecule has 0 aliphatic heterocycles. The van der Waals surface area contributed by atoms with Crippen LogP contribution in [0.2, 0.25) is 5.02 Å². The lowest BCUT2D eigenvalue weighted by Crippen LogP contribution is -2.21. The number of rotatable bonds is 5. The minimum absolute atomic E-state index is 0.297. The number of para-hydroxylation sites is 2. The largest absolute Gasteiger partial charge is 0.452 e. The standard InChI is InChI=1S/C25H16ClN3O3/c26-18-11-9-16(10-12-18)23-13-20(19-6-2-4-8-22(19)28-23)25(31)32-15-24(30)29-21-7-3-1-5-17(21)14-27/h1-13H,15H2,(H,29,30). The van der Waals surface area contributed by atoms with Crippen molar-refractivity contribution in [2.75, 3.05) is 11.9 Å². The number of carbonyl (C=O) groups excluding carboxylic acids is 2. The van der Waals surface area contributed by atoms with Gasteiger partial charge in [-0.05, 0) is 36.4 Å². The molecule has 1 N–H and O–H groups in total. The summed E-state index contributed by atoms with van der Waals surface area (Å²) in [5.41, 5.74) is 2.97. The number of fused-ring (bicyclic) bond motifs is 1. The van der Waals surface area contributed by atoms with Crippen molar-refractivity contribution in [3.8, 4) is 17.3 Å². The molecule has 1 aromatic heterocycles. The topological polar surface area (TPSA) is 92.1 Å². The molecule has 0 fully saturated rings. The van der Waals surface area contributed by atoms with Gasteiger partial charge >= 0.3 is 5.97 Å². The van der Waals surface area contributed by atoms with Crippen molar-refractivity contribution in [3.63, 3.8) is 0 Å². The summed E-state index contributed by atoms with van der Waals surface area (Å²) < 4.78 is 5.27. The van der Waals surface area contributed by atoms with Crippen LogP contribution in [0.1, 0.15) is 15.9 Å². The van der Waals surface area contributed by atoms with Gasteiger partial charge in [-0.15, -0.1) is 0 Å². The molecular weight excluding hydrogens is 426 g/mol. The molecular formula is C25H16ClN3O3. The number of nitrogens with one attached hydrogen (secondary N) is 1. The van der Waals surface area contributed by atoms with Crippen molar-refractivity contribution >= 4 is 40.1 Å². The molecule has 1 amide bonds. The van der Waals surface area contributed by atoms with Crippen LogP contribution in [-0.4, -0.2) is 23.5 Å². The third kappa shape index (κ3) is 4.59. The number of amides is 1. The molecule has 0 aliphatic rings. The fourth-order valence-corrected chi connectivity index (χ4v) is 3.32. The van der Waals surface area contributed by atoms with E-state index in [0.29, 0.717) is 38.4 Å². The van der Waals surface area contributed by atoms with Gasteiger partial charge in [0.15, 0.2) is 6.61 Å². The summed E-state index contributed by atoms with van der Waals surface area (Å²) in [4.78, 5) is 29.8. The van der Waals surface area contributed by atoms with Gasteiger partial charge in [0.05, 0.1) is 28.0 Å². The van der Waals surface area contributed by atoms with Crippen LogP contribution >= 0.6 is 11.6 Å². The van der Waals surface area contributed by atoms with Crippen LogP contribution < -0.4 is 5.32 Å². The molecule has 0 saturated heterocycles. The van der Waals surface area contributed by atoms with Crippen LogP contribution in [0.3, 0.4) is 0 Å². The third-order valence-electron chi connectivity index (χ3n) is 4.73. The fraction of sp³-hybridized carbons (Fsp3) is 0.0400.